The third-order valence-corrected chi connectivity index (χ3v) is 2.85. The Labute approximate surface area is 102 Å². The van der Waals surface area contributed by atoms with Crippen LogP contribution in [-0.2, 0) is 4.79 Å². The Hall–Kier alpha value is -1.39. The summed E-state index contributed by atoms with van der Waals surface area (Å²) in [6, 6.07) is 7.24. The highest BCUT2D eigenvalue weighted by atomic mass is 16.3. The zero-order valence-electron chi connectivity index (χ0n) is 10.7. The first kappa shape index (κ1) is 13.7. The van der Waals surface area contributed by atoms with Crippen molar-refractivity contribution in [3.05, 3.63) is 29.8 Å². The molecule has 1 unspecified atom stereocenters. The van der Waals surface area contributed by atoms with Gasteiger partial charge in [-0.25, -0.2) is 0 Å². The van der Waals surface area contributed by atoms with Crippen molar-refractivity contribution < 1.29 is 9.90 Å². The summed E-state index contributed by atoms with van der Waals surface area (Å²) in [5.74, 6) is -0.131. The van der Waals surface area contributed by atoms with Gasteiger partial charge < -0.3 is 15.7 Å². The van der Waals surface area contributed by atoms with Gasteiger partial charge in [-0.2, -0.15) is 0 Å². The van der Waals surface area contributed by atoms with Crippen LogP contribution in [-0.4, -0.2) is 23.6 Å². The Balaban J connectivity index is 2.93. The van der Waals surface area contributed by atoms with Crippen LogP contribution in [0.1, 0.15) is 32.4 Å². The van der Waals surface area contributed by atoms with E-state index in [-0.39, 0.29) is 5.91 Å². The molecule has 1 rings (SSSR count). The molecular formula is C13H20N2O2. The van der Waals surface area contributed by atoms with Gasteiger partial charge in [0, 0.05) is 11.3 Å². The molecule has 0 radical (unpaired) electrons. The number of nitrogens with one attached hydrogen (secondary N) is 2. The van der Waals surface area contributed by atoms with Crippen molar-refractivity contribution in [1.82, 2.24) is 5.32 Å². The maximum absolute atomic E-state index is 12.0. The van der Waals surface area contributed by atoms with Gasteiger partial charge in [-0.15, -0.1) is 0 Å². The molecule has 17 heavy (non-hydrogen) atoms. The minimum absolute atomic E-state index is 0.131. The molecule has 0 saturated carbocycles. The highest BCUT2D eigenvalue weighted by molar-refractivity contribution is 5.98. The predicted octanol–water partition coefficient (Wildman–Crippen LogP) is 1.68. The fourth-order valence-corrected chi connectivity index (χ4v) is 1.37. The van der Waals surface area contributed by atoms with Crippen LogP contribution in [0.4, 0.5) is 5.69 Å². The Bertz CT molecular complexity index is 400. The first-order valence-electron chi connectivity index (χ1n) is 5.66. The Kier molecular flexibility index (Phi) is 4.26. The summed E-state index contributed by atoms with van der Waals surface area (Å²) in [6.45, 7) is 5.27. The number of carbonyl (C=O) groups is 1. The summed E-state index contributed by atoms with van der Waals surface area (Å²) in [5, 5.41) is 15.4. The summed E-state index contributed by atoms with van der Waals surface area (Å²) in [5.41, 5.74) is 0.717. The molecule has 1 amide bonds. The van der Waals surface area contributed by atoms with E-state index < -0.39 is 11.6 Å². The molecule has 1 atom stereocenters. The van der Waals surface area contributed by atoms with Crippen LogP contribution in [0.3, 0.4) is 0 Å². The number of hydrogen-bond donors (Lipinski definition) is 3. The number of rotatable bonds is 4. The zero-order chi connectivity index (χ0) is 13.1. The molecule has 3 N–H and O–H groups in total. The lowest BCUT2D eigenvalue weighted by molar-refractivity contribution is -0.121. The van der Waals surface area contributed by atoms with Crippen molar-refractivity contribution in [2.75, 3.05) is 12.4 Å². The minimum atomic E-state index is -0.647. The van der Waals surface area contributed by atoms with Crippen LogP contribution >= 0.6 is 0 Å². The van der Waals surface area contributed by atoms with E-state index in [0.29, 0.717) is 11.3 Å². The third kappa shape index (κ3) is 3.28. The van der Waals surface area contributed by atoms with Gasteiger partial charge in [0.2, 0.25) is 5.91 Å². The molecular weight excluding hydrogens is 216 g/mol. The smallest absolute Gasteiger partial charge is 0.244 e. The summed E-state index contributed by atoms with van der Waals surface area (Å²) < 4.78 is 0. The number of para-hydroxylation sites is 1. The first-order chi connectivity index (χ1) is 7.88. The molecule has 0 saturated heterocycles. The van der Waals surface area contributed by atoms with Gasteiger partial charge in [0.15, 0.2) is 0 Å². The van der Waals surface area contributed by atoms with Crippen LogP contribution in [0, 0.1) is 0 Å². The maximum Gasteiger partial charge on any atom is 0.244 e. The molecule has 0 aliphatic rings. The van der Waals surface area contributed by atoms with Crippen molar-refractivity contribution in [2.24, 2.45) is 0 Å². The van der Waals surface area contributed by atoms with E-state index in [2.05, 4.69) is 10.6 Å². The largest absolute Gasteiger partial charge is 0.389 e. The minimum Gasteiger partial charge on any atom is -0.389 e. The molecule has 1 aromatic carbocycles. The van der Waals surface area contributed by atoms with Crippen molar-refractivity contribution in [3.8, 4) is 0 Å². The van der Waals surface area contributed by atoms with Crippen LogP contribution in [0.25, 0.3) is 0 Å². The van der Waals surface area contributed by atoms with E-state index in [4.69, 9.17) is 0 Å². The lowest BCUT2D eigenvalue weighted by Gasteiger charge is -2.24. The molecule has 0 spiro atoms. The highest BCUT2D eigenvalue weighted by Gasteiger charge is 2.25. The van der Waals surface area contributed by atoms with Crippen LogP contribution in [0.2, 0.25) is 0 Å². The van der Waals surface area contributed by atoms with Gasteiger partial charge in [0.1, 0.15) is 0 Å². The normalized spacial score (nSPS) is 13.2. The van der Waals surface area contributed by atoms with Gasteiger partial charge in [-0.05, 0) is 33.9 Å². The molecule has 0 aliphatic carbocycles. The van der Waals surface area contributed by atoms with E-state index in [1.807, 2.05) is 12.1 Å². The Morgan fingerprint density at radius 1 is 1.35 bits per heavy atom. The second-order valence-corrected chi connectivity index (χ2v) is 4.59. The fourth-order valence-electron chi connectivity index (χ4n) is 1.37. The van der Waals surface area contributed by atoms with Gasteiger partial charge in [0.25, 0.3) is 0 Å². The van der Waals surface area contributed by atoms with Crippen molar-refractivity contribution >= 4 is 11.6 Å². The molecule has 0 aromatic heterocycles. The highest BCUT2D eigenvalue weighted by Crippen LogP contribution is 2.23. The number of amides is 1. The average molecular weight is 236 g/mol. The second-order valence-electron chi connectivity index (χ2n) is 4.59. The number of likely N-dealkylation sites (N-methyl/N-ethyl adjacent to an activating group) is 1. The number of aliphatic hydroxyl groups excluding tert-OH is 1. The quantitative estimate of drug-likeness (QED) is 0.745. The lowest BCUT2D eigenvalue weighted by Crippen LogP contribution is -2.48. The SMILES string of the molecule is CNC(C)(C)C(=O)Nc1ccccc1C(C)O. The summed E-state index contributed by atoms with van der Waals surface area (Å²) >= 11 is 0. The van der Waals surface area contributed by atoms with Gasteiger partial charge in [-0.1, -0.05) is 18.2 Å². The molecule has 94 valence electrons. The van der Waals surface area contributed by atoms with E-state index in [1.165, 1.54) is 0 Å². The summed E-state index contributed by atoms with van der Waals surface area (Å²) in [4.78, 5) is 12.0. The van der Waals surface area contributed by atoms with Crippen molar-refractivity contribution in [1.29, 1.82) is 0 Å². The Morgan fingerprint density at radius 3 is 2.47 bits per heavy atom. The van der Waals surface area contributed by atoms with Crippen LogP contribution in [0.5, 0.6) is 0 Å². The van der Waals surface area contributed by atoms with Crippen molar-refractivity contribution in [3.63, 3.8) is 0 Å². The van der Waals surface area contributed by atoms with Gasteiger partial charge >= 0.3 is 0 Å². The maximum atomic E-state index is 12.0. The molecule has 4 nitrogen and oxygen atoms in total. The standard InChI is InChI=1S/C13H20N2O2/c1-9(16)10-7-5-6-8-11(10)15-12(17)13(2,3)14-4/h5-9,14,16H,1-4H3,(H,15,17). The molecule has 1 aromatic rings. The van der Waals surface area contributed by atoms with Gasteiger partial charge in [-0.3, -0.25) is 4.79 Å². The number of hydrogen-bond acceptors (Lipinski definition) is 3. The van der Waals surface area contributed by atoms with E-state index in [1.54, 1.807) is 40.0 Å². The summed E-state index contributed by atoms with van der Waals surface area (Å²) in [6.07, 6.45) is -0.607. The molecule has 0 aliphatic heterocycles. The fraction of sp³-hybridized carbons (Fsp3) is 0.462. The topological polar surface area (TPSA) is 61.4 Å². The number of anilines is 1. The molecule has 0 bridgehead atoms. The van der Waals surface area contributed by atoms with E-state index in [0.717, 1.165) is 0 Å². The number of aliphatic hydroxyl groups is 1. The lowest BCUT2D eigenvalue weighted by atomic mass is 10.0. The van der Waals surface area contributed by atoms with Crippen molar-refractivity contribution in [2.45, 2.75) is 32.4 Å². The van der Waals surface area contributed by atoms with Gasteiger partial charge in [0.05, 0.1) is 11.6 Å². The molecule has 4 heteroatoms. The monoisotopic (exact) mass is 236 g/mol. The first-order valence-corrected chi connectivity index (χ1v) is 5.66. The molecule has 0 heterocycles. The third-order valence-electron chi connectivity index (χ3n) is 2.85. The predicted molar refractivity (Wildman–Crippen MR) is 68.8 cm³/mol. The Morgan fingerprint density at radius 2 is 1.94 bits per heavy atom. The van der Waals surface area contributed by atoms with Crippen LogP contribution in [0.15, 0.2) is 24.3 Å². The second kappa shape index (κ2) is 5.29. The van der Waals surface area contributed by atoms with Crippen LogP contribution < -0.4 is 10.6 Å². The number of carbonyl (C=O) groups excluding carboxylic acids is 1. The molecule has 0 fully saturated rings. The van der Waals surface area contributed by atoms with E-state index >= 15 is 0 Å². The van der Waals surface area contributed by atoms with E-state index in [9.17, 15) is 9.90 Å². The summed E-state index contributed by atoms with van der Waals surface area (Å²) in [7, 11) is 1.74. The zero-order valence-corrected chi connectivity index (χ0v) is 10.7. The number of benzene rings is 1. The average Bonchev–Trinajstić information content (AvgIpc) is 2.29.